The zero-order valence-electron chi connectivity index (χ0n) is 23.6. The molecule has 3 heterocycles. The van der Waals surface area contributed by atoms with E-state index in [1.165, 1.54) is 0 Å². The fraction of sp³-hybridized carbons (Fsp3) is 0.500. The van der Waals surface area contributed by atoms with Gasteiger partial charge in [-0.2, -0.15) is 0 Å². The summed E-state index contributed by atoms with van der Waals surface area (Å²) in [6.07, 6.45) is 0.817. The number of aromatic nitrogens is 3. The average Bonchev–Trinajstić information content (AvgIpc) is 3.54. The minimum absolute atomic E-state index is 0.0243. The second-order valence-corrected chi connectivity index (χ2v) is 10.2. The van der Waals surface area contributed by atoms with Crippen LogP contribution in [0.1, 0.15) is 36.8 Å². The van der Waals surface area contributed by atoms with Crippen LogP contribution in [0.4, 0.5) is 10.6 Å². The molecular formula is C28H37ClN6O5. The van der Waals surface area contributed by atoms with Gasteiger partial charge in [-0.05, 0) is 65.8 Å². The quantitative estimate of drug-likeness (QED) is 0.304. The van der Waals surface area contributed by atoms with Crippen molar-refractivity contribution in [1.29, 1.82) is 0 Å². The minimum atomic E-state index is -0.661. The largest absolute Gasteiger partial charge is 0.491 e. The lowest BCUT2D eigenvalue weighted by atomic mass is 10.0. The number of nitrogens with one attached hydrogen (secondary N) is 2. The molecule has 2 aromatic heterocycles. The van der Waals surface area contributed by atoms with E-state index in [4.69, 9.17) is 35.6 Å². The summed E-state index contributed by atoms with van der Waals surface area (Å²) in [4.78, 5) is 24.0. The molecule has 3 N–H and O–H groups in total. The molecular weight excluding hydrogens is 536 g/mol. The van der Waals surface area contributed by atoms with Gasteiger partial charge in [-0.1, -0.05) is 16.8 Å². The fourth-order valence-corrected chi connectivity index (χ4v) is 5.04. The molecule has 0 aliphatic carbocycles. The number of carbonyl (C=O) groups is 1. The summed E-state index contributed by atoms with van der Waals surface area (Å²) in [6, 6.07) is 5.20. The lowest BCUT2D eigenvalue weighted by molar-refractivity contribution is 0.104. The molecule has 40 heavy (non-hydrogen) atoms. The number of halogens is 1. The van der Waals surface area contributed by atoms with Crippen LogP contribution in [0.2, 0.25) is 5.02 Å². The van der Waals surface area contributed by atoms with E-state index in [0.717, 1.165) is 24.0 Å². The Morgan fingerprint density at radius 3 is 2.80 bits per heavy atom. The first-order chi connectivity index (χ1) is 19.2. The van der Waals surface area contributed by atoms with Gasteiger partial charge < -0.3 is 34.6 Å². The maximum Gasteiger partial charge on any atom is 0.410 e. The van der Waals surface area contributed by atoms with Gasteiger partial charge in [0.05, 0.1) is 34.6 Å². The van der Waals surface area contributed by atoms with Gasteiger partial charge in [0, 0.05) is 30.8 Å². The number of aliphatic hydroxyl groups excluding tert-OH is 1. The summed E-state index contributed by atoms with van der Waals surface area (Å²) in [7, 11) is 1.77. The number of hydrogen-bond acceptors (Lipinski definition) is 10. The first-order valence-electron chi connectivity index (χ1n) is 13.5. The van der Waals surface area contributed by atoms with Gasteiger partial charge in [0.2, 0.25) is 0 Å². The third kappa shape index (κ3) is 6.65. The van der Waals surface area contributed by atoms with Crippen molar-refractivity contribution in [2.24, 2.45) is 0 Å². The number of carbonyl (C=O) groups excluding carboxylic acids is 1. The molecule has 0 bridgehead atoms. The molecule has 0 radical (unpaired) electrons. The zero-order valence-corrected chi connectivity index (χ0v) is 24.3. The monoisotopic (exact) mass is 572 g/mol. The van der Waals surface area contributed by atoms with Crippen LogP contribution in [0.3, 0.4) is 0 Å². The summed E-state index contributed by atoms with van der Waals surface area (Å²) < 4.78 is 16.5. The number of aliphatic hydroxyl groups is 1. The van der Waals surface area contributed by atoms with Crippen molar-refractivity contribution in [2.45, 2.75) is 52.7 Å². The number of ether oxygens (including phenoxy) is 2. The smallest absolute Gasteiger partial charge is 0.410 e. The Morgan fingerprint density at radius 2 is 2.10 bits per heavy atom. The highest BCUT2D eigenvalue weighted by molar-refractivity contribution is 6.33. The van der Waals surface area contributed by atoms with E-state index in [1.54, 1.807) is 37.1 Å². The molecule has 2 atom stereocenters. The Balaban J connectivity index is 1.70. The number of amides is 1. The minimum Gasteiger partial charge on any atom is -0.491 e. The van der Waals surface area contributed by atoms with Crippen LogP contribution in [0.25, 0.3) is 22.6 Å². The number of benzene rings is 1. The molecule has 0 saturated carbocycles. The van der Waals surface area contributed by atoms with Crippen molar-refractivity contribution in [2.75, 3.05) is 45.2 Å². The lowest BCUT2D eigenvalue weighted by Gasteiger charge is -2.25. The normalized spacial score (nSPS) is 15.8. The van der Waals surface area contributed by atoms with Crippen LogP contribution in [0.5, 0.6) is 5.75 Å². The predicted molar refractivity (Wildman–Crippen MR) is 153 cm³/mol. The third-order valence-corrected chi connectivity index (χ3v) is 7.19. The Kier molecular flexibility index (Phi) is 9.83. The number of likely N-dealkylation sites (tertiary alicyclic amines) is 1. The molecule has 1 fully saturated rings. The predicted octanol–water partition coefficient (Wildman–Crippen LogP) is 4.37. The summed E-state index contributed by atoms with van der Waals surface area (Å²) in [6.45, 7) is 9.48. The maximum atomic E-state index is 12.4. The van der Waals surface area contributed by atoms with E-state index in [-0.39, 0.29) is 18.7 Å². The molecule has 3 aromatic rings. The number of hydrogen-bond donors (Lipinski definition) is 3. The maximum absolute atomic E-state index is 12.4. The van der Waals surface area contributed by atoms with Gasteiger partial charge in [-0.15, -0.1) is 0 Å². The molecule has 216 valence electrons. The Morgan fingerprint density at radius 1 is 1.30 bits per heavy atom. The van der Waals surface area contributed by atoms with Gasteiger partial charge in [0.25, 0.3) is 0 Å². The molecule has 1 aliphatic rings. The number of nitrogens with zero attached hydrogens (tertiary/aromatic N) is 4. The molecule has 1 aliphatic heterocycles. The molecule has 1 saturated heterocycles. The van der Waals surface area contributed by atoms with Gasteiger partial charge in [-0.3, -0.25) is 0 Å². The van der Waals surface area contributed by atoms with Crippen molar-refractivity contribution < 1.29 is 23.9 Å². The Labute approximate surface area is 239 Å². The molecule has 0 unspecified atom stereocenters. The first kappa shape index (κ1) is 29.6. The number of aryl methyl sites for hydroxylation is 2. The van der Waals surface area contributed by atoms with E-state index in [1.807, 2.05) is 20.8 Å². The van der Waals surface area contributed by atoms with Crippen LogP contribution < -0.4 is 15.4 Å². The van der Waals surface area contributed by atoms with E-state index < -0.39 is 6.10 Å². The van der Waals surface area contributed by atoms with Gasteiger partial charge in [-0.25, -0.2) is 14.8 Å². The lowest BCUT2D eigenvalue weighted by Crippen LogP contribution is -2.40. The van der Waals surface area contributed by atoms with Gasteiger partial charge >= 0.3 is 6.09 Å². The third-order valence-electron chi connectivity index (χ3n) is 6.86. The first-order valence-corrected chi connectivity index (χ1v) is 13.9. The van der Waals surface area contributed by atoms with Crippen molar-refractivity contribution in [1.82, 2.24) is 25.3 Å². The molecule has 4 rings (SSSR count). The van der Waals surface area contributed by atoms with E-state index >= 15 is 0 Å². The highest BCUT2D eigenvalue weighted by atomic mass is 35.5. The van der Waals surface area contributed by atoms with Gasteiger partial charge in [0.1, 0.15) is 30.0 Å². The van der Waals surface area contributed by atoms with Crippen LogP contribution in [0.15, 0.2) is 22.7 Å². The topological polar surface area (TPSA) is 135 Å². The zero-order chi connectivity index (χ0) is 28.8. The summed E-state index contributed by atoms with van der Waals surface area (Å²) in [5.74, 6) is 2.18. The summed E-state index contributed by atoms with van der Waals surface area (Å²) in [5, 5.41) is 21.0. The molecule has 1 amide bonds. The summed E-state index contributed by atoms with van der Waals surface area (Å²) in [5.41, 5.74) is 3.56. The van der Waals surface area contributed by atoms with Crippen molar-refractivity contribution in [3.8, 4) is 28.4 Å². The van der Waals surface area contributed by atoms with Crippen molar-refractivity contribution in [3.05, 3.63) is 40.2 Å². The van der Waals surface area contributed by atoms with Crippen LogP contribution in [0, 0.1) is 20.8 Å². The Hall–Kier alpha value is -3.41. The Bertz CT molecular complexity index is 1310. The van der Waals surface area contributed by atoms with E-state index in [0.29, 0.717) is 71.4 Å². The highest BCUT2D eigenvalue weighted by Gasteiger charge is 2.30. The molecule has 11 nitrogen and oxygen atoms in total. The van der Waals surface area contributed by atoms with E-state index in [2.05, 4.69) is 15.8 Å². The number of rotatable bonds is 11. The molecule has 0 spiro atoms. The second kappa shape index (κ2) is 13.3. The fourth-order valence-electron chi connectivity index (χ4n) is 4.84. The number of anilines is 1. The SMILES string of the molecule is CCOC(=O)N1CCC[C@@H]1CNc1nc(-c2cc(OC[C@@H](O)CNC)ccc2Cl)nc(-c2c(C)noc2C)c1C. The highest BCUT2D eigenvalue weighted by Crippen LogP contribution is 2.36. The van der Waals surface area contributed by atoms with Crippen LogP contribution in [-0.2, 0) is 4.74 Å². The average molecular weight is 573 g/mol. The van der Waals surface area contributed by atoms with Crippen molar-refractivity contribution in [3.63, 3.8) is 0 Å². The molecule has 12 heteroatoms. The van der Waals surface area contributed by atoms with Crippen LogP contribution >= 0.6 is 11.6 Å². The van der Waals surface area contributed by atoms with Gasteiger partial charge in [0.15, 0.2) is 5.82 Å². The van der Waals surface area contributed by atoms with Crippen molar-refractivity contribution >= 4 is 23.5 Å². The van der Waals surface area contributed by atoms with E-state index in [9.17, 15) is 9.90 Å². The summed E-state index contributed by atoms with van der Waals surface area (Å²) >= 11 is 6.64. The molecule has 1 aromatic carbocycles. The standard InChI is InChI=1S/C28H37ClN6O5/c1-6-38-28(37)35-11-7-8-19(35)13-31-26-16(2)25(24-17(3)34-40-18(24)4)32-27(33-26)22-12-21(9-10-23(22)29)39-15-20(36)14-30-5/h9-10,12,19-20,30,36H,6-8,11,13-15H2,1-5H3,(H,31,32,33)/t19-,20+/m1/s1. The van der Waals surface area contributed by atoms with Crippen LogP contribution in [-0.4, -0.2) is 83.3 Å². The number of likely N-dealkylation sites (N-methyl/N-ethyl adjacent to an activating group) is 1. The second-order valence-electron chi connectivity index (χ2n) is 9.80.